The van der Waals surface area contributed by atoms with Crippen molar-refractivity contribution in [2.75, 3.05) is 18.1 Å². The van der Waals surface area contributed by atoms with Crippen molar-refractivity contribution < 1.29 is 37.1 Å². The SMILES string of the molecule is C[C@H](C(=O)NCc1ccco1)N1C(=O)COc2ccc(C(=O)COc3ccc(F)c(F)c3)cc21. The fraction of sp³-hybridized carbons (Fsp3) is 0.208. The molecule has 3 aromatic rings. The van der Waals surface area contributed by atoms with Crippen molar-refractivity contribution in [2.45, 2.75) is 19.5 Å². The molecule has 0 unspecified atom stereocenters. The molecule has 0 aliphatic carbocycles. The normalized spacial score (nSPS) is 13.6. The summed E-state index contributed by atoms with van der Waals surface area (Å²) in [6.45, 7) is 1.01. The van der Waals surface area contributed by atoms with Crippen molar-refractivity contribution >= 4 is 23.3 Å². The van der Waals surface area contributed by atoms with Crippen molar-refractivity contribution in [1.29, 1.82) is 0 Å². The molecule has 1 atom stereocenters. The molecule has 176 valence electrons. The first-order valence-corrected chi connectivity index (χ1v) is 10.3. The zero-order chi connectivity index (χ0) is 24.2. The number of ketones is 1. The number of nitrogens with one attached hydrogen (secondary N) is 1. The zero-order valence-corrected chi connectivity index (χ0v) is 18.0. The molecular weight excluding hydrogens is 450 g/mol. The Hall–Kier alpha value is -4.21. The molecule has 0 bridgehead atoms. The van der Waals surface area contributed by atoms with Crippen molar-refractivity contribution in [3.05, 3.63) is 77.8 Å². The van der Waals surface area contributed by atoms with Crippen LogP contribution in [0.4, 0.5) is 14.5 Å². The van der Waals surface area contributed by atoms with Crippen LogP contribution in [-0.2, 0) is 16.1 Å². The maximum atomic E-state index is 13.3. The van der Waals surface area contributed by atoms with E-state index in [1.807, 2.05) is 0 Å². The van der Waals surface area contributed by atoms with Gasteiger partial charge in [0.25, 0.3) is 5.91 Å². The van der Waals surface area contributed by atoms with Gasteiger partial charge in [-0.3, -0.25) is 19.3 Å². The minimum absolute atomic E-state index is 0.00722. The molecule has 1 N–H and O–H groups in total. The number of hydrogen-bond donors (Lipinski definition) is 1. The number of fused-ring (bicyclic) bond motifs is 1. The fourth-order valence-electron chi connectivity index (χ4n) is 3.42. The number of carbonyl (C=O) groups excluding carboxylic acids is 3. The van der Waals surface area contributed by atoms with E-state index >= 15 is 0 Å². The fourth-order valence-corrected chi connectivity index (χ4v) is 3.42. The Bertz CT molecular complexity index is 1230. The summed E-state index contributed by atoms with van der Waals surface area (Å²) in [4.78, 5) is 39.2. The highest BCUT2D eigenvalue weighted by atomic mass is 19.2. The summed E-state index contributed by atoms with van der Waals surface area (Å²) in [6.07, 6.45) is 1.49. The van der Waals surface area contributed by atoms with Gasteiger partial charge in [0, 0.05) is 11.6 Å². The number of carbonyl (C=O) groups is 3. The molecule has 4 rings (SSSR count). The van der Waals surface area contributed by atoms with E-state index in [9.17, 15) is 23.2 Å². The average molecular weight is 470 g/mol. The maximum Gasteiger partial charge on any atom is 0.265 e. The molecule has 0 spiro atoms. The van der Waals surface area contributed by atoms with E-state index in [2.05, 4.69) is 5.32 Å². The average Bonchev–Trinajstić information content (AvgIpc) is 3.36. The number of anilines is 1. The Morgan fingerprint density at radius 1 is 1.15 bits per heavy atom. The Morgan fingerprint density at radius 2 is 1.97 bits per heavy atom. The van der Waals surface area contributed by atoms with Gasteiger partial charge in [-0.25, -0.2) is 8.78 Å². The van der Waals surface area contributed by atoms with Crippen LogP contribution in [0.15, 0.2) is 59.2 Å². The first kappa shape index (κ1) is 23.0. The van der Waals surface area contributed by atoms with Gasteiger partial charge in [-0.2, -0.15) is 0 Å². The molecule has 34 heavy (non-hydrogen) atoms. The molecule has 1 aliphatic heterocycles. The molecule has 8 nitrogen and oxygen atoms in total. The van der Waals surface area contributed by atoms with E-state index in [-0.39, 0.29) is 30.2 Å². The molecule has 10 heteroatoms. The first-order chi connectivity index (χ1) is 16.3. The largest absolute Gasteiger partial charge is 0.485 e. The third-order valence-electron chi connectivity index (χ3n) is 5.20. The number of halogens is 2. The Morgan fingerprint density at radius 3 is 2.71 bits per heavy atom. The van der Waals surface area contributed by atoms with Crippen LogP contribution in [0, 0.1) is 11.6 Å². The van der Waals surface area contributed by atoms with E-state index in [1.165, 1.54) is 35.4 Å². The maximum absolute atomic E-state index is 13.3. The van der Waals surface area contributed by atoms with Gasteiger partial charge < -0.3 is 19.2 Å². The Kier molecular flexibility index (Phi) is 6.58. The minimum atomic E-state index is -1.09. The zero-order valence-electron chi connectivity index (χ0n) is 18.0. The number of hydrogen-bond acceptors (Lipinski definition) is 6. The van der Waals surface area contributed by atoms with E-state index < -0.39 is 41.9 Å². The first-order valence-electron chi connectivity index (χ1n) is 10.3. The van der Waals surface area contributed by atoms with Gasteiger partial charge >= 0.3 is 0 Å². The van der Waals surface area contributed by atoms with Crippen LogP contribution in [0.25, 0.3) is 0 Å². The lowest BCUT2D eigenvalue weighted by Crippen LogP contribution is -2.51. The molecular formula is C24H20F2N2O6. The summed E-state index contributed by atoms with van der Waals surface area (Å²) in [6, 6.07) is 9.89. The molecule has 0 radical (unpaired) electrons. The molecule has 2 heterocycles. The number of ether oxygens (including phenoxy) is 2. The van der Waals surface area contributed by atoms with Crippen LogP contribution >= 0.6 is 0 Å². The topological polar surface area (TPSA) is 98.1 Å². The highest BCUT2D eigenvalue weighted by Gasteiger charge is 2.33. The summed E-state index contributed by atoms with van der Waals surface area (Å²) < 4.78 is 42.3. The highest BCUT2D eigenvalue weighted by molar-refractivity contribution is 6.05. The standard InChI is InChI=1S/C24H20F2N2O6/c1-14(24(31)27-11-17-3-2-8-32-17)28-20-9-15(4-7-22(20)34-13-23(28)30)21(29)12-33-16-5-6-18(25)19(26)10-16/h2-10,14H,11-13H2,1H3,(H,27,31)/t14-/m1/s1. The molecule has 0 fully saturated rings. The van der Waals surface area contributed by atoms with Crippen LogP contribution in [0.5, 0.6) is 11.5 Å². The number of benzene rings is 2. The number of nitrogens with zero attached hydrogens (tertiary/aromatic N) is 1. The highest BCUT2D eigenvalue weighted by Crippen LogP contribution is 2.34. The van der Waals surface area contributed by atoms with Crippen molar-refractivity contribution in [1.82, 2.24) is 5.32 Å². The Balaban J connectivity index is 1.49. The summed E-state index contributed by atoms with van der Waals surface area (Å²) in [5.41, 5.74) is 0.448. The van der Waals surface area contributed by atoms with Crippen molar-refractivity contribution in [3.8, 4) is 11.5 Å². The molecule has 2 amide bonds. The van der Waals surface area contributed by atoms with Gasteiger partial charge in [0.15, 0.2) is 30.6 Å². The number of furan rings is 1. The monoisotopic (exact) mass is 470 g/mol. The lowest BCUT2D eigenvalue weighted by atomic mass is 10.1. The number of rotatable bonds is 8. The second kappa shape index (κ2) is 9.74. The smallest absolute Gasteiger partial charge is 0.265 e. The van der Waals surface area contributed by atoms with Gasteiger partial charge in [-0.05, 0) is 49.4 Å². The summed E-state index contributed by atoms with van der Waals surface area (Å²) >= 11 is 0. The van der Waals surface area contributed by atoms with Crippen LogP contribution in [0.2, 0.25) is 0 Å². The Labute approximate surface area is 193 Å². The van der Waals surface area contributed by atoms with Gasteiger partial charge in [-0.1, -0.05) is 0 Å². The number of amides is 2. The van der Waals surface area contributed by atoms with Crippen molar-refractivity contribution in [3.63, 3.8) is 0 Å². The van der Waals surface area contributed by atoms with Crippen LogP contribution in [0.3, 0.4) is 0 Å². The summed E-state index contributed by atoms with van der Waals surface area (Å²) in [7, 11) is 0. The lowest BCUT2D eigenvalue weighted by Gasteiger charge is -2.33. The molecule has 2 aromatic carbocycles. The van der Waals surface area contributed by atoms with E-state index in [1.54, 1.807) is 19.1 Å². The van der Waals surface area contributed by atoms with Crippen molar-refractivity contribution in [2.24, 2.45) is 0 Å². The van der Waals surface area contributed by atoms with Gasteiger partial charge in [0.2, 0.25) is 5.91 Å². The van der Waals surface area contributed by atoms with Gasteiger partial charge in [0.1, 0.15) is 23.3 Å². The summed E-state index contributed by atoms with van der Waals surface area (Å²) in [5.74, 6) is -2.57. The minimum Gasteiger partial charge on any atom is -0.485 e. The van der Waals surface area contributed by atoms with E-state index in [0.717, 1.165) is 12.1 Å². The molecule has 1 aliphatic rings. The second-order valence-electron chi connectivity index (χ2n) is 7.50. The third-order valence-corrected chi connectivity index (χ3v) is 5.20. The second-order valence-corrected chi connectivity index (χ2v) is 7.50. The van der Waals surface area contributed by atoms with Crippen LogP contribution < -0.4 is 19.7 Å². The molecule has 0 saturated carbocycles. The third kappa shape index (κ3) is 4.90. The summed E-state index contributed by atoms with van der Waals surface area (Å²) in [5, 5.41) is 2.71. The molecule has 0 saturated heterocycles. The number of Topliss-reactive ketones (excluding diaryl/α,β-unsaturated/α-hetero) is 1. The van der Waals surface area contributed by atoms with E-state index in [4.69, 9.17) is 13.9 Å². The predicted octanol–water partition coefficient (Wildman–Crippen LogP) is 3.25. The van der Waals surface area contributed by atoms with Crippen LogP contribution in [-0.4, -0.2) is 36.9 Å². The van der Waals surface area contributed by atoms with Gasteiger partial charge in [-0.15, -0.1) is 0 Å². The predicted molar refractivity (Wildman–Crippen MR) is 116 cm³/mol. The lowest BCUT2D eigenvalue weighted by molar-refractivity contribution is -0.127. The van der Waals surface area contributed by atoms with Crippen LogP contribution in [0.1, 0.15) is 23.0 Å². The van der Waals surface area contributed by atoms with E-state index in [0.29, 0.717) is 11.5 Å². The quantitative estimate of drug-likeness (QED) is 0.508. The van der Waals surface area contributed by atoms with Gasteiger partial charge in [0.05, 0.1) is 18.5 Å². The molecule has 1 aromatic heterocycles.